The van der Waals surface area contributed by atoms with Gasteiger partial charge in [0.2, 0.25) is 0 Å². The summed E-state index contributed by atoms with van der Waals surface area (Å²) in [4.78, 5) is 1.92. The molecule has 106 valence electrons. The number of hydrogen-bond acceptors (Lipinski definition) is 2. The average Bonchev–Trinajstić information content (AvgIpc) is 2.34. The Morgan fingerprint density at radius 1 is 1.16 bits per heavy atom. The molecule has 0 unspecified atom stereocenters. The van der Waals surface area contributed by atoms with Crippen molar-refractivity contribution in [3.8, 4) is 0 Å². The van der Waals surface area contributed by atoms with E-state index in [0.717, 1.165) is 13.1 Å². The fourth-order valence-electron chi connectivity index (χ4n) is 2.25. The maximum atomic E-state index is 13.7. The molecule has 0 bridgehead atoms. The SMILES string of the molecule is C=C[C@H](c1c(F)cc(F)cc1F)N1CCNCC1.Cl. The molecule has 0 aliphatic carbocycles. The van der Waals surface area contributed by atoms with Gasteiger partial charge in [0.1, 0.15) is 17.5 Å². The molecule has 1 aromatic carbocycles. The second-order valence-electron chi connectivity index (χ2n) is 4.25. The third-order valence-electron chi connectivity index (χ3n) is 3.11. The van der Waals surface area contributed by atoms with Crippen molar-refractivity contribution in [1.82, 2.24) is 10.2 Å². The summed E-state index contributed by atoms with van der Waals surface area (Å²) in [6.07, 6.45) is 1.49. The standard InChI is InChI=1S/C13H15F3N2.ClH/c1-2-12(18-5-3-17-4-6-18)13-10(15)7-9(14)8-11(13)16;/h2,7-8,12,17H,1,3-6H2;1H/t12-;/m1./s1. The van der Waals surface area contributed by atoms with E-state index in [1.54, 1.807) is 0 Å². The van der Waals surface area contributed by atoms with E-state index in [4.69, 9.17) is 0 Å². The van der Waals surface area contributed by atoms with Gasteiger partial charge in [-0.05, 0) is 0 Å². The molecule has 2 rings (SSSR count). The Kier molecular flexibility index (Phi) is 5.85. The van der Waals surface area contributed by atoms with Crippen molar-refractivity contribution < 1.29 is 13.2 Å². The van der Waals surface area contributed by atoms with Gasteiger partial charge in [-0.15, -0.1) is 19.0 Å². The Bertz CT molecular complexity index is 425. The summed E-state index contributed by atoms with van der Waals surface area (Å²) in [5.41, 5.74) is -0.131. The molecule has 0 radical (unpaired) electrons. The van der Waals surface area contributed by atoms with Crippen LogP contribution in [0.15, 0.2) is 24.8 Å². The summed E-state index contributed by atoms with van der Waals surface area (Å²) in [5.74, 6) is -2.64. The summed E-state index contributed by atoms with van der Waals surface area (Å²) in [6.45, 7) is 6.49. The lowest BCUT2D eigenvalue weighted by molar-refractivity contribution is 0.197. The molecule has 0 saturated carbocycles. The van der Waals surface area contributed by atoms with Crippen LogP contribution in [-0.2, 0) is 0 Å². The average molecular weight is 293 g/mol. The molecule has 2 nitrogen and oxygen atoms in total. The third-order valence-corrected chi connectivity index (χ3v) is 3.11. The molecule has 1 fully saturated rings. The van der Waals surface area contributed by atoms with Crippen LogP contribution in [0.3, 0.4) is 0 Å². The zero-order valence-corrected chi connectivity index (χ0v) is 11.2. The van der Waals surface area contributed by atoms with E-state index >= 15 is 0 Å². The summed E-state index contributed by atoms with van der Waals surface area (Å²) < 4.78 is 40.4. The van der Waals surface area contributed by atoms with Gasteiger partial charge in [0.05, 0.1) is 6.04 Å². The quantitative estimate of drug-likeness (QED) is 0.862. The van der Waals surface area contributed by atoms with E-state index in [9.17, 15) is 13.2 Å². The van der Waals surface area contributed by atoms with Gasteiger partial charge >= 0.3 is 0 Å². The zero-order valence-electron chi connectivity index (χ0n) is 10.3. The molecule has 0 aromatic heterocycles. The van der Waals surface area contributed by atoms with Gasteiger partial charge in [0.15, 0.2) is 0 Å². The van der Waals surface area contributed by atoms with Crippen molar-refractivity contribution >= 4 is 12.4 Å². The van der Waals surface area contributed by atoms with Crippen LogP contribution in [0.25, 0.3) is 0 Å². The first kappa shape index (κ1) is 16.0. The number of benzene rings is 1. The van der Waals surface area contributed by atoms with Crippen molar-refractivity contribution in [2.45, 2.75) is 6.04 Å². The van der Waals surface area contributed by atoms with Gasteiger partial charge < -0.3 is 5.32 Å². The van der Waals surface area contributed by atoms with Crippen LogP contribution in [0.2, 0.25) is 0 Å². The summed E-state index contributed by atoms with van der Waals surface area (Å²) in [7, 11) is 0. The van der Waals surface area contributed by atoms with Crippen LogP contribution < -0.4 is 5.32 Å². The van der Waals surface area contributed by atoms with Crippen molar-refractivity contribution in [2.24, 2.45) is 0 Å². The number of nitrogens with one attached hydrogen (secondary N) is 1. The van der Waals surface area contributed by atoms with Crippen LogP contribution >= 0.6 is 12.4 Å². The fourth-order valence-corrected chi connectivity index (χ4v) is 2.25. The number of nitrogens with zero attached hydrogens (tertiary/aromatic N) is 1. The van der Waals surface area contributed by atoms with Crippen LogP contribution in [0.5, 0.6) is 0 Å². The maximum absolute atomic E-state index is 13.7. The van der Waals surface area contributed by atoms with E-state index < -0.39 is 23.5 Å². The Labute approximate surface area is 116 Å². The minimum Gasteiger partial charge on any atom is -0.314 e. The van der Waals surface area contributed by atoms with Gasteiger partial charge in [-0.2, -0.15) is 0 Å². The Balaban J connectivity index is 0.00000180. The number of rotatable bonds is 3. The minimum absolute atomic E-state index is 0. The van der Waals surface area contributed by atoms with Crippen LogP contribution in [0.4, 0.5) is 13.2 Å². The molecule has 1 saturated heterocycles. The third kappa shape index (κ3) is 3.49. The number of hydrogen-bond donors (Lipinski definition) is 1. The first-order chi connectivity index (χ1) is 8.63. The van der Waals surface area contributed by atoms with Crippen molar-refractivity contribution in [2.75, 3.05) is 26.2 Å². The molecule has 1 aliphatic rings. The first-order valence-electron chi connectivity index (χ1n) is 5.85. The van der Waals surface area contributed by atoms with Crippen LogP contribution in [0.1, 0.15) is 11.6 Å². The van der Waals surface area contributed by atoms with Gasteiger partial charge in [-0.25, -0.2) is 13.2 Å². The second-order valence-corrected chi connectivity index (χ2v) is 4.25. The molecule has 1 N–H and O–H groups in total. The van der Waals surface area contributed by atoms with Gasteiger partial charge in [-0.1, -0.05) is 6.08 Å². The van der Waals surface area contributed by atoms with Crippen molar-refractivity contribution in [3.63, 3.8) is 0 Å². The topological polar surface area (TPSA) is 15.3 Å². The molecule has 1 heterocycles. The predicted octanol–water partition coefficient (Wildman–Crippen LogP) is 2.66. The van der Waals surface area contributed by atoms with E-state index in [-0.39, 0.29) is 18.0 Å². The molecule has 1 aromatic rings. The Hall–Kier alpha value is -1.04. The zero-order chi connectivity index (χ0) is 13.1. The molecule has 1 aliphatic heterocycles. The molecule has 1 atom stereocenters. The van der Waals surface area contributed by atoms with Crippen LogP contribution in [-0.4, -0.2) is 31.1 Å². The van der Waals surface area contributed by atoms with Gasteiger partial charge in [-0.3, -0.25) is 4.90 Å². The molecule has 19 heavy (non-hydrogen) atoms. The lowest BCUT2D eigenvalue weighted by Gasteiger charge is -2.33. The predicted molar refractivity (Wildman–Crippen MR) is 70.9 cm³/mol. The minimum atomic E-state index is -0.906. The second kappa shape index (κ2) is 6.93. The highest BCUT2D eigenvalue weighted by Crippen LogP contribution is 2.28. The summed E-state index contributed by atoms with van der Waals surface area (Å²) in [5, 5.41) is 3.16. The van der Waals surface area contributed by atoms with E-state index in [0.29, 0.717) is 25.2 Å². The fraction of sp³-hybridized carbons (Fsp3) is 0.385. The normalized spacial score (nSPS) is 17.6. The Morgan fingerprint density at radius 2 is 1.68 bits per heavy atom. The maximum Gasteiger partial charge on any atom is 0.134 e. The van der Waals surface area contributed by atoms with E-state index in [2.05, 4.69) is 11.9 Å². The molecular weight excluding hydrogens is 277 g/mol. The highest BCUT2D eigenvalue weighted by molar-refractivity contribution is 5.85. The monoisotopic (exact) mass is 292 g/mol. The van der Waals surface area contributed by atoms with E-state index in [1.807, 2.05) is 4.90 Å². The van der Waals surface area contributed by atoms with Gasteiger partial charge in [0, 0.05) is 43.9 Å². The smallest absolute Gasteiger partial charge is 0.134 e. The number of piperazine rings is 1. The lowest BCUT2D eigenvalue weighted by Crippen LogP contribution is -2.45. The summed E-state index contributed by atoms with van der Waals surface area (Å²) in [6, 6.07) is 0.849. The highest BCUT2D eigenvalue weighted by atomic mass is 35.5. The molecular formula is C13H16ClF3N2. The highest BCUT2D eigenvalue weighted by Gasteiger charge is 2.25. The largest absolute Gasteiger partial charge is 0.314 e. The Morgan fingerprint density at radius 3 is 2.16 bits per heavy atom. The van der Waals surface area contributed by atoms with E-state index in [1.165, 1.54) is 6.08 Å². The number of halogens is 4. The summed E-state index contributed by atoms with van der Waals surface area (Å²) >= 11 is 0. The van der Waals surface area contributed by atoms with Gasteiger partial charge in [0.25, 0.3) is 0 Å². The molecule has 6 heteroatoms. The molecule has 0 amide bonds. The van der Waals surface area contributed by atoms with Crippen molar-refractivity contribution in [3.05, 3.63) is 47.8 Å². The molecule has 0 spiro atoms. The lowest BCUT2D eigenvalue weighted by atomic mass is 10.0. The van der Waals surface area contributed by atoms with Crippen molar-refractivity contribution in [1.29, 1.82) is 0 Å². The van der Waals surface area contributed by atoms with Crippen LogP contribution in [0, 0.1) is 17.5 Å². The first-order valence-corrected chi connectivity index (χ1v) is 5.85.